The van der Waals surface area contributed by atoms with Crippen LogP contribution in [0, 0.1) is 0 Å². The maximum atomic E-state index is 12.1. The highest BCUT2D eigenvalue weighted by molar-refractivity contribution is 5.94. The molecule has 0 radical (unpaired) electrons. The van der Waals surface area contributed by atoms with Crippen molar-refractivity contribution in [1.29, 1.82) is 0 Å². The van der Waals surface area contributed by atoms with Crippen molar-refractivity contribution in [3.05, 3.63) is 59.5 Å². The summed E-state index contributed by atoms with van der Waals surface area (Å²) in [6, 6.07) is 11.1. The average Bonchev–Trinajstić information content (AvgIpc) is 3.00. The number of benzene rings is 1. The van der Waals surface area contributed by atoms with E-state index >= 15 is 0 Å². The number of hydrogen-bond acceptors (Lipinski definition) is 3. The van der Waals surface area contributed by atoms with Gasteiger partial charge < -0.3 is 15.5 Å². The van der Waals surface area contributed by atoms with Crippen molar-refractivity contribution in [1.82, 2.24) is 5.32 Å². The molecule has 0 saturated carbocycles. The van der Waals surface area contributed by atoms with Gasteiger partial charge in [0.2, 0.25) is 0 Å². The molecule has 0 aliphatic rings. The van der Waals surface area contributed by atoms with Gasteiger partial charge in [0, 0.05) is 24.1 Å². The van der Waals surface area contributed by atoms with Crippen molar-refractivity contribution in [3.63, 3.8) is 0 Å². The van der Waals surface area contributed by atoms with Crippen LogP contribution in [-0.2, 0) is 12.0 Å². The normalized spacial score (nSPS) is 11.3. The van der Waals surface area contributed by atoms with Crippen LogP contribution in [0.4, 0.5) is 0 Å². The van der Waals surface area contributed by atoms with Crippen LogP contribution in [0.5, 0.6) is 0 Å². The highest BCUT2D eigenvalue weighted by Crippen LogP contribution is 2.22. The Bertz CT molecular complexity index is 557. The fraction of sp³-hybridized carbons (Fsp3) is 0.312. The minimum atomic E-state index is -0.240. The van der Waals surface area contributed by atoms with E-state index in [1.54, 1.807) is 18.4 Å². The van der Waals surface area contributed by atoms with Crippen LogP contribution in [0.15, 0.2) is 47.1 Å². The van der Waals surface area contributed by atoms with Gasteiger partial charge in [0.05, 0.1) is 6.26 Å². The van der Waals surface area contributed by atoms with E-state index in [4.69, 9.17) is 10.2 Å². The summed E-state index contributed by atoms with van der Waals surface area (Å²) < 4.78 is 5.40. The lowest BCUT2D eigenvalue weighted by Gasteiger charge is -2.22. The molecule has 0 aliphatic heterocycles. The molecule has 4 heteroatoms. The zero-order valence-electron chi connectivity index (χ0n) is 11.8. The van der Waals surface area contributed by atoms with Crippen LogP contribution in [0.25, 0.3) is 0 Å². The molecule has 0 atom stereocenters. The molecule has 4 nitrogen and oxygen atoms in total. The van der Waals surface area contributed by atoms with Gasteiger partial charge in [0.25, 0.3) is 5.91 Å². The molecule has 1 aromatic heterocycles. The number of nitrogens with one attached hydrogen (secondary N) is 1. The van der Waals surface area contributed by atoms with E-state index in [1.165, 1.54) is 0 Å². The Balaban J connectivity index is 1.98. The summed E-state index contributed by atoms with van der Waals surface area (Å²) in [5, 5.41) is 2.93. The molecule has 20 heavy (non-hydrogen) atoms. The summed E-state index contributed by atoms with van der Waals surface area (Å²) in [5.74, 6) is 0.768. The Kier molecular flexibility index (Phi) is 4.25. The Morgan fingerprint density at radius 2 is 1.95 bits per heavy atom. The molecule has 1 heterocycles. The maximum absolute atomic E-state index is 12.1. The lowest BCUT2D eigenvalue weighted by Crippen LogP contribution is -2.36. The minimum absolute atomic E-state index is 0.0896. The number of carbonyl (C=O) groups is 1. The minimum Gasteiger partial charge on any atom is -0.469 e. The monoisotopic (exact) mass is 272 g/mol. The third-order valence-electron chi connectivity index (χ3n) is 3.33. The number of nitrogens with two attached hydrogens (primary N) is 1. The second-order valence-electron chi connectivity index (χ2n) is 5.44. The lowest BCUT2D eigenvalue weighted by atomic mass is 9.90. The van der Waals surface area contributed by atoms with Gasteiger partial charge in [-0.15, -0.1) is 0 Å². The molecular formula is C16H20N2O2. The fourth-order valence-electron chi connectivity index (χ4n) is 1.95. The van der Waals surface area contributed by atoms with Crippen LogP contribution in [0.2, 0.25) is 0 Å². The van der Waals surface area contributed by atoms with Gasteiger partial charge in [0.15, 0.2) is 0 Å². The van der Waals surface area contributed by atoms with Gasteiger partial charge in [-0.2, -0.15) is 0 Å². The van der Waals surface area contributed by atoms with Crippen LogP contribution in [0.3, 0.4) is 0 Å². The molecule has 0 saturated heterocycles. The summed E-state index contributed by atoms with van der Waals surface area (Å²) in [5.41, 5.74) is 6.94. The molecule has 2 rings (SSSR count). The number of carbonyl (C=O) groups excluding carboxylic acids is 1. The van der Waals surface area contributed by atoms with E-state index in [0.717, 1.165) is 11.3 Å². The summed E-state index contributed by atoms with van der Waals surface area (Å²) in [7, 11) is 0. The fourth-order valence-corrected chi connectivity index (χ4v) is 1.95. The zero-order chi connectivity index (χ0) is 14.6. The second-order valence-corrected chi connectivity index (χ2v) is 5.44. The molecule has 0 fully saturated rings. The van der Waals surface area contributed by atoms with Gasteiger partial charge in [0.1, 0.15) is 5.76 Å². The smallest absolute Gasteiger partial charge is 0.251 e. The molecule has 106 valence electrons. The molecule has 2 aromatic rings. The molecule has 0 unspecified atom stereocenters. The molecule has 0 spiro atoms. The Morgan fingerprint density at radius 1 is 1.25 bits per heavy atom. The molecular weight excluding hydrogens is 252 g/mol. The third-order valence-corrected chi connectivity index (χ3v) is 3.33. The quantitative estimate of drug-likeness (QED) is 0.878. The van der Waals surface area contributed by atoms with Crippen molar-refractivity contribution in [3.8, 4) is 0 Å². The van der Waals surface area contributed by atoms with Crippen molar-refractivity contribution >= 4 is 5.91 Å². The Labute approximate surface area is 119 Å². The average molecular weight is 272 g/mol. The summed E-state index contributed by atoms with van der Waals surface area (Å²) >= 11 is 0. The largest absolute Gasteiger partial charge is 0.469 e. The van der Waals surface area contributed by atoms with E-state index in [-0.39, 0.29) is 11.3 Å². The maximum Gasteiger partial charge on any atom is 0.251 e. The van der Waals surface area contributed by atoms with Crippen molar-refractivity contribution in [2.24, 2.45) is 5.73 Å². The third kappa shape index (κ3) is 3.27. The first-order valence-electron chi connectivity index (χ1n) is 6.64. The predicted octanol–water partition coefficient (Wildman–Crippen LogP) is 2.45. The number of furan rings is 1. The van der Waals surface area contributed by atoms with Gasteiger partial charge >= 0.3 is 0 Å². The van der Waals surface area contributed by atoms with Crippen LogP contribution < -0.4 is 11.1 Å². The first-order valence-corrected chi connectivity index (χ1v) is 6.64. The topological polar surface area (TPSA) is 68.3 Å². The van der Waals surface area contributed by atoms with Gasteiger partial charge in [-0.1, -0.05) is 26.0 Å². The van der Waals surface area contributed by atoms with Crippen LogP contribution in [0.1, 0.15) is 35.5 Å². The highest BCUT2D eigenvalue weighted by Gasteiger charge is 2.24. The number of hydrogen-bond donors (Lipinski definition) is 2. The first kappa shape index (κ1) is 14.3. The van der Waals surface area contributed by atoms with Gasteiger partial charge in [-0.25, -0.2) is 0 Å². The molecule has 1 amide bonds. The molecule has 3 N–H and O–H groups in total. The predicted molar refractivity (Wildman–Crippen MR) is 78.4 cm³/mol. The number of amides is 1. The Hall–Kier alpha value is -2.07. The standard InChI is InChI=1S/C16H20N2O2/c1-16(2,14-4-3-9-20-14)11-18-15(19)13-7-5-12(10-17)6-8-13/h3-9H,10-11,17H2,1-2H3,(H,18,19). The molecule has 0 aliphatic carbocycles. The Morgan fingerprint density at radius 3 is 2.50 bits per heavy atom. The van der Waals surface area contributed by atoms with E-state index in [0.29, 0.717) is 18.7 Å². The van der Waals surface area contributed by atoms with E-state index in [9.17, 15) is 4.79 Å². The van der Waals surface area contributed by atoms with Crippen molar-refractivity contribution in [2.45, 2.75) is 25.8 Å². The highest BCUT2D eigenvalue weighted by atomic mass is 16.3. The van der Waals surface area contributed by atoms with Crippen LogP contribution in [-0.4, -0.2) is 12.5 Å². The van der Waals surface area contributed by atoms with Gasteiger partial charge in [-0.05, 0) is 29.8 Å². The summed E-state index contributed by atoms with van der Waals surface area (Å²) in [6.45, 7) is 5.05. The molecule has 1 aromatic carbocycles. The summed E-state index contributed by atoms with van der Waals surface area (Å²) in [4.78, 5) is 12.1. The zero-order valence-corrected chi connectivity index (χ0v) is 11.8. The van der Waals surface area contributed by atoms with Crippen LogP contribution >= 0.6 is 0 Å². The SMILES string of the molecule is CC(C)(CNC(=O)c1ccc(CN)cc1)c1ccco1. The second kappa shape index (κ2) is 5.92. The van der Waals surface area contributed by atoms with E-state index in [2.05, 4.69) is 5.32 Å². The first-order chi connectivity index (χ1) is 9.53. The van der Waals surface area contributed by atoms with E-state index < -0.39 is 0 Å². The number of rotatable bonds is 5. The lowest BCUT2D eigenvalue weighted by molar-refractivity contribution is 0.0944. The molecule has 0 bridgehead atoms. The van der Waals surface area contributed by atoms with Crippen molar-refractivity contribution in [2.75, 3.05) is 6.54 Å². The van der Waals surface area contributed by atoms with Crippen molar-refractivity contribution < 1.29 is 9.21 Å². The van der Waals surface area contributed by atoms with E-state index in [1.807, 2.05) is 38.1 Å². The van der Waals surface area contributed by atoms with Gasteiger partial charge in [-0.3, -0.25) is 4.79 Å². The summed E-state index contributed by atoms with van der Waals surface area (Å²) in [6.07, 6.45) is 1.64.